The molecule has 3 aromatic rings. The molecular formula is C35H46N6O2. The fourth-order valence-electron chi connectivity index (χ4n) is 7.63. The number of nitrogens with zero attached hydrogens (tertiary/aromatic N) is 5. The van der Waals surface area contributed by atoms with Crippen LogP contribution < -0.4 is 10.2 Å². The molecule has 0 saturated carbocycles. The highest BCUT2D eigenvalue weighted by Crippen LogP contribution is 2.42. The molecule has 6 rings (SSSR count). The van der Waals surface area contributed by atoms with Gasteiger partial charge >= 0.3 is 6.03 Å². The van der Waals surface area contributed by atoms with Crippen molar-refractivity contribution < 1.29 is 9.59 Å². The van der Waals surface area contributed by atoms with E-state index in [2.05, 4.69) is 28.6 Å². The summed E-state index contributed by atoms with van der Waals surface area (Å²) in [5.41, 5.74) is 5.37. The van der Waals surface area contributed by atoms with Crippen molar-refractivity contribution in [2.45, 2.75) is 96.8 Å². The van der Waals surface area contributed by atoms with Crippen LogP contribution in [-0.4, -0.2) is 63.0 Å². The third-order valence-electron chi connectivity index (χ3n) is 9.68. The normalized spacial score (nSPS) is 21.5. The standard InChI is InChI=1S/C35H46N6O2/c1-4-9-34(42)38-21-18-33-32(24-38)36-26(3)41(33)31-22-29-16-17-30(23-31)39(29)19-8-20-40(28-10-6-5-7-11-28)35(43)37-27-14-12-25(2)13-15-27/h5-7,10-15,29-31H,4,8-9,16-24H2,1-3H3,(H,37,43)/t29-,30+,31?. The van der Waals surface area contributed by atoms with Crippen LogP contribution in [0.25, 0.3) is 0 Å². The van der Waals surface area contributed by atoms with Crippen LogP contribution in [0.1, 0.15) is 80.7 Å². The second-order valence-electron chi connectivity index (χ2n) is 12.6. The molecule has 0 aliphatic carbocycles. The summed E-state index contributed by atoms with van der Waals surface area (Å²) in [5, 5.41) is 3.10. The summed E-state index contributed by atoms with van der Waals surface area (Å²) in [6.07, 6.45) is 8.12. The lowest BCUT2D eigenvalue weighted by Gasteiger charge is -2.41. The van der Waals surface area contributed by atoms with Crippen molar-refractivity contribution >= 4 is 23.3 Å². The minimum Gasteiger partial charge on any atom is -0.336 e. The van der Waals surface area contributed by atoms with Crippen molar-refractivity contribution in [2.24, 2.45) is 0 Å². The number of hydrogen-bond donors (Lipinski definition) is 1. The van der Waals surface area contributed by atoms with E-state index in [1.807, 2.05) is 71.3 Å². The van der Waals surface area contributed by atoms with Gasteiger partial charge in [0.2, 0.25) is 5.91 Å². The van der Waals surface area contributed by atoms with Crippen molar-refractivity contribution in [3.63, 3.8) is 0 Å². The summed E-state index contributed by atoms with van der Waals surface area (Å²) in [6, 6.07) is 19.5. The van der Waals surface area contributed by atoms with Crippen molar-refractivity contribution in [2.75, 3.05) is 29.9 Å². The molecule has 1 unspecified atom stereocenters. The maximum atomic E-state index is 13.4. The number of fused-ring (bicyclic) bond motifs is 3. The zero-order valence-electron chi connectivity index (χ0n) is 26.0. The molecule has 228 valence electrons. The Morgan fingerprint density at radius 2 is 1.70 bits per heavy atom. The molecule has 8 heteroatoms. The molecule has 2 bridgehead atoms. The molecule has 1 N–H and O–H groups in total. The van der Waals surface area contributed by atoms with Crippen molar-refractivity contribution in [3.05, 3.63) is 77.4 Å². The molecule has 2 saturated heterocycles. The van der Waals surface area contributed by atoms with Crippen LogP contribution in [0.4, 0.5) is 16.2 Å². The van der Waals surface area contributed by atoms with Crippen LogP contribution in [0.15, 0.2) is 54.6 Å². The zero-order chi connectivity index (χ0) is 29.9. The lowest BCUT2D eigenvalue weighted by molar-refractivity contribution is -0.132. The Morgan fingerprint density at radius 3 is 2.40 bits per heavy atom. The molecule has 43 heavy (non-hydrogen) atoms. The highest BCUT2D eigenvalue weighted by Gasteiger charge is 2.42. The second kappa shape index (κ2) is 12.9. The van der Waals surface area contributed by atoms with Crippen molar-refractivity contribution in [3.8, 4) is 0 Å². The topological polar surface area (TPSA) is 73.7 Å². The Bertz CT molecular complexity index is 1400. The largest absolute Gasteiger partial charge is 0.336 e. The smallest absolute Gasteiger partial charge is 0.326 e. The van der Waals surface area contributed by atoms with E-state index >= 15 is 0 Å². The maximum Gasteiger partial charge on any atom is 0.326 e. The first-order valence-electron chi connectivity index (χ1n) is 16.2. The quantitative estimate of drug-likeness (QED) is 0.313. The minimum atomic E-state index is -0.0907. The van der Waals surface area contributed by atoms with Gasteiger partial charge in [-0.3, -0.25) is 14.6 Å². The van der Waals surface area contributed by atoms with E-state index < -0.39 is 0 Å². The number of nitrogens with one attached hydrogen (secondary N) is 1. The third-order valence-corrected chi connectivity index (χ3v) is 9.68. The van der Waals surface area contributed by atoms with Gasteiger partial charge in [0.05, 0.1) is 12.2 Å². The van der Waals surface area contributed by atoms with Gasteiger partial charge in [-0.1, -0.05) is 42.8 Å². The van der Waals surface area contributed by atoms with E-state index in [1.54, 1.807) is 0 Å². The average Bonchev–Trinajstić information content (AvgIpc) is 3.46. The highest BCUT2D eigenvalue weighted by atomic mass is 16.2. The lowest BCUT2D eigenvalue weighted by Crippen LogP contribution is -2.45. The fraction of sp³-hybridized carbons (Fsp3) is 0.514. The van der Waals surface area contributed by atoms with Gasteiger partial charge in [0.1, 0.15) is 5.82 Å². The predicted molar refractivity (Wildman–Crippen MR) is 171 cm³/mol. The molecule has 2 fully saturated rings. The van der Waals surface area contributed by atoms with Crippen molar-refractivity contribution in [1.82, 2.24) is 19.4 Å². The Kier molecular flexibility index (Phi) is 8.84. The molecule has 3 aliphatic heterocycles. The molecule has 0 radical (unpaired) electrons. The zero-order valence-corrected chi connectivity index (χ0v) is 26.0. The lowest BCUT2D eigenvalue weighted by atomic mass is 9.95. The Morgan fingerprint density at radius 1 is 0.977 bits per heavy atom. The van der Waals surface area contributed by atoms with E-state index in [4.69, 9.17) is 4.98 Å². The van der Waals surface area contributed by atoms with E-state index in [9.17, 15) is 9.59 Å². The van der Waals surface area contributed by atoms with Crippen molar-refractivity contribution in [1.29, 1.82) is 0 Å². The Balaban J connectivity index is 1.08. The van der Waals surface area contributed by atoms with Crippen LogP contribution in [0, 0.1) is 13.8 Å². The summed E-state index contributed by atoms with van der Waals surface area (Å²) >= 11 is 0. The van der Waals surface area contributed by atoms with Crippen LogP contribution in [0.3, 0.4) is 0 Å². The van der Waals surface area contributed by atoms with Crippen LogP contribution in [-0.2, 0) is 17.8 Å². The summed E-state index contributed by atoms with van der Waals surface area (Å²) in [7, 11) is 0. The van der Waals surface area contributed by atoms with Gasteiger partial charge in [-0.15, -0.1) is 0 Å². The molecular weight excluding hydrogens is 536 g/mol. The number of amides is 3. The van der Waals surface area contributed by atoms with Crippen LogP contribution >= 0.6 is 0 Å². The number of aromatic nitrogens is 2. The third kappa shape index (κ3) is 6.35. The number of rotatable bonds is 9. The number of piperidine rings is 1. The molecule has 2 aromatic carbocycles. The number of urea groups is 1. The van der Waals surface area contributed by atoms with Gasteiger partial charge in [-0.2, -0.15) is 0 Å². The van der Waals surface area contributed by atoms with Gasteiger partial charge in [-0.05, 0) is 76.6 Å². The number of hydrogen-bond acceptors (Lipinski definition) is 4. The van der Waals surface area contributed by atoms with Gasteiger partial charge in [0, 0.05) is 67.7 Å². The van der Waals surface area contributed by atoms with Gasteiger partial charge in [0.25, 0.3) is 0 Å². The molecule has 3 aliphatic rings. The molecule has 3 atom stereocenters. The summed E-state index contributed by atoms with van der Waals surface area (Å²) in [4.78, 5) is 37.5. The number of imidazole rings is 1. The molecule has 3 amide bonds. The monoisotopic (exact) mass is 582 g/mol. The van der Waals surface area contributed by atoms with Crippen LogP contribution in [0.2, 0.25) is 0 Å². The number of carbonyl (C=O) groups is 2. The van der Waals surface area contributed by atoms with E-state index in [1.165, 1.54) is 24.1 Å². The Hall–Kier alpha value is -3.65. The highest BCUT2D eigenvalue weighted by molar-refractivity contribution is 6.01. The summed E-state index contributed by atoms with van der Waals surface area (Å²) in [5.74, 6) is 1.36. The van der Waals surface area contributed by atoms with Gasteiger partial charge in [0.15, 0.2) is 0 Å². The average molecular weight is 583 g/mol. The predicted octanol–water partition coefficient (Wildman–Crippen LogP) is 6.48. The van der Waals surface area contributed by atoms with E-state index in [0.29, 0.717) is 37.6 Å². The molecule has 1 aromatic heterocycles. The first-order chi connectivity index (χ1) is 20.9. The maximum absolute atomic E-state index is 13.4. The minimum absolute atomic E-state index is 0.0907. The number of aryl methyl sites for hydroxylation is 2. The molecule has 8 nitrogen and oxygen atoms in total. The summed E-state index contributed by atoms with van der Waals surface area (Å²) in [6.45, 7) is 9.38. The first-order valence-corrected chi connectivity index (χ1v) is 16.2. The first kappa shape index (κ1) is 29.4. The summed E-state index contributed by atoms with van der Waals surface area (Å²) < 4.78 is 2.53. The number of anilines is 2. The van der Waals surface area contributed by atoms with E-state index in [-0.39, 0.29) is 11.9 Å². The number of benzene rings is 2. The number of para-hydroxylation sites is 1. The second-order valence-corrected chi connectivity index (χ2v) is 12.6. The molecule has 4 heterocycles. The fourth-order valence-corrected chi connectivity index (χ4v) is 7.63. The molecule has 0 spiro atoms. The number of carbonyl (C=O) groups excluding carboxylic acids is 2. The van der Waals surface area contributed by atoms with Gasteiger partial charge in [-0.25, -0.2) is 9.78 Å². The Labute approximate surface area is 256 Å². The van der Waals surface area contributed by atoms with E-state index in [0.717, 1.165) is 68.1 Å². The van der Waals surface area contributed by atoms with Gasteiger partial charge < -0.3 is 14.8 Å². The SMILES string of the molecule is CCCC(=O)N1CCc2c(nc(C)n2C2C[C@H]3CC[C@@H](C2)N3CCCN(C(=O)Nc2ccc(C)cc2)c2ccccc2)C1. The van der Waals surface area contributed by atoms with Crippen LogP contribution in [0.5, 0.6) is 0 Å².